The van der Waals surface area contributed by atoms with Crippen LogP contribution in [0.4, 0.5) is 21.8 Å². The van der Waals surface area contributed by atoms with Crippen molar-refractivity contribution in [1.82, 2.24) is 20.6 Å². The Hall–Kier alpha value is -3.18. The second-order valence-corrected chi connectivity index (χ2v) is 7.67. The van der Waals surface area contributed by atoms with E-state index in [1.165, 1.54) is 12.1 Å². The van der Waals surface area contributed by atoms with Crippen LogP contribution in [0.15, 0.2) is 30.5 Å². The van der Waals surface area contributed by atoms with Crippen LogP contribution in [0.5, 0.6) is 0 Å². The van der Waals surface area contributed by atoms with Gasteiger partial charge in [0.2, 0.25) is 11.9 Å². The average molecular weight is 425 g/mol. The van der Waals surface area contributed by atoms with Gasteiger partial charge in [0.25, 0.3) is 0 Å². The van der Waals surface area contributed by atoms with Crippen LogP contribution in [0.25, 0.3) is 0 Å². The van der Waals surface area contributed by atoms with Gasteiger partial charge in [0.1, 0.15) is 11.6 Å². The molecule has 0 unspecified atom stereocenters. The molecule has 0 bridgehead atoms. The monoisotopic (exact) mass is 424 g/mol. The summed E-state index contributed by atoms with van der Waals surface area (Å²) in [4.78, 5) is 20.8. The normalized spacial score (nSPS) is 18.2. The number of amides is 1. The van der Waals surface area contributed by atoms with Crippen LogP contribution in [0.3, 0.4) is 0 Å². The number of nitrogens with one attached hydrogen (secondary N) is 4. The zero-order valence-electron chi connectivity index (χ0n) is 18.1. The molecule has 0 saturated heterocycles. The Kier molecular flexibility index (Phi) is 7.79. The topological polar surface area (TPSA) is 91.0 Å². The summed E-state index contributed by atoms with van der Waals surface area (Å²) in [5.74, 6) is 7.51. The fourth-order valence-electron chi connectivity index (χ4n) is 3.06. The molecule has 0 spiro atoms. The summed E-state index contributed by atoms with van der Waals surface area (Å²) in [5.41, 5.74) is 1.44. The van der Waals surface area contributed by atoms with Crippen molar-refractivity contribution < 1.29 is 9.18 Å². The third kappa shape index (κ3) is 6.40. The molecule has 1 aromatic carbocycles. The molecule has 7 nitrogen and oxygen atoms in total. The zero-order chi connectivity index (χ0) is 22.2. The first-order chi connectivity index (χ1) is 15.0. The highest BCUT2D eigenvalue weighted by Gasteiger charge is 2.29. The van der Waals surface area contributed by atoms with Crippen LogP contribution in [0, 0.1) is 23.6 Å². The fourth-order valence-corrected chi connectivity index (χ4v) is 3.06. The summed E-state index contributed by atoms with van der Waals surface area (Å²) in [7, 11) is 1.77. The number of nitrogens with zero attached hydrogens (tertiary/aromatic N) is 2. The quantitative estimate of drug-likeness (QED) is 0.487. The van der Waals surface area contributed by atoms with Crippen LogP contribution in [0.1, 0.15) is 38.7 Å². The zero-order valence-corrected chi connectivity index (χ0v) is 18.1. The summed E-state index contributed by atoms with van der Waals surface area (Å²) >= 11 is 0. The third-order valence-corrected chi connectivity index (χ3v) is 5.15. The van der Waals surface area contributed by atoms with Crippen LogP contribution in [-0.4, -0.2) is 41.6 Å². The maximum atomic E-state index is 13.1. The molecule has 1 fully saturated rings. The molecule has 1 atom stereocenters. The second kappa shape index (κ2) is 10.7. The minimum atomic E-state index is -0.295. The summed E-state index contributed by atoms with van der Waals surface area (Å²) in [6, 6.07) is 6.01. The SMILES string of the molecule is CCCNc1nc(Nc2ccc(F)cc2)ncc1C#C[C@H]1C[C@@H](NC(=O)[C@H](C)NC)C1. The van der Waals surface area contributed by atoms with E-state index in [-0.39, 0.29) is 29.7 Å². The molecule has 2 aromatic rings. The number of carbonyl (C=O) groups excluding carboxylic acids is 1. The van der Waals surface area contributed by atoms with Crippen molar-refractivity contribution in [2.24, 2.45) is 5.92 Å². The van der Waals surface area contributed by atoms with Crippen LogP contribution in [0.2, 0.25) is 0 Å². The van der Waals surface area contributed by atoms with Gasteiger partial charge in [0, 0.05) is 24.2 Å². The number of halogens is 1. The number of likely N-dealkylation sites (N-methyl/N-ethyl adjacent to an activating group) is 1. The lowest BCUT2D eigenvalue weighted by atomic mass is 9.80. The van der Waals surface area contributed by atoms with Gasteiger partial charge in [0.05, 0.1) is 17.8 Å². The second-order valence-electron chi connectivity index (χ2n) is 7.67. The molecule has 0 radical (unpaired) electrons. The van der Waals surface area contributed by atoms with E-state index in [9.17, 15) is 9.18 Å². The Bertz CT molecular complexity index is 947. The Morgan fingerprint density at radius 3 is 2.71 bits per heavy atom. The molecular formula is C23H29FN6O. The molecule has 0 aliphatic heterocycles. The van der Waals surface area contributed by atoms with E-state index < -0.39 is 0 Å². The molecule has 3 rings (SSSR count). The molecule has 31 heavy (non-hydrogen) atoms. The Morgan fingerprint density at radius 2 is 2.03 bits per heavy atom. The molecule has 1 aliphatic carbocycles. The van der Waals surface area contributed by atoms with Crippen LogP contribution < -0.4 is 21.3 Å². The molecule has 4 N–H and O–H groups in total. The van der Waals surface area contributed by atoms with Crippen molar-refractivity contribution in [1.29, 1.82) is 0 Å². The van der Waals surface area contributed by atoms with E-state index in [0.717, 1.165) is 31.4 Å². The van der Waals surface area contributed by atoms with Gasteiger partial charge < -0.3 is 21.3 Å². The van der Waals surface area contributed by atoms with Gasteiger partial charge in [-0.25, -0.2) is 9.37 Å². The highest BCUT2D eigenvalue weighted by atomic mass is 19.1. The lowest BCUT2D eigenvalue weighted by molar-refractivity contribution is -0.124. The number of aromatic nitrogens is 2. The molecule has 1 heterocycles. The standard InChI is InChI=1S/C23H29FN6O/c1-4-11-26-21-17(6-5-16-12-20(13-16)28-22(31)15(2)25-3)14-27-23(30-21)29-19-9-7-18(24)8-10-19/h7-10,14-16,20,25H,4,11-13H2,1-3H3,(H,28,31)(H2,26,27,29,30)/t15-,16-,20+/m0/s1. The minimum Gasteiger partial charge on any atom is -0.369 e. The minimum absolute atomic E-state index is 0.0163. The van der Waals surface area contributed by atoms with Crippen molar-refractivity contribution >= 4 is 23.4 Å². The van der Waals surface area contributed by atoms with Crippen molar-refractivity contribution in [3.8, 4) is 11.8 Å². The van der Waals surface area contributed by atoms with Gasteiger partial charge >= 0.3 is 0 Å². The number of hydrogen-bond acceptors (Lipinski definition) is 6. The number of carbonyl (C=O) groups is 1. The first-order valence-corrected chi connectivity index (χ1v) is 10.6. The van der Waals surface area contributed by atoms with E-state index in [2.05, 4.69) is 50.0 Å². The number of benzene rings is 1. The van der Waals surface area contributed by atoms with Crippen molar-refractivity contribution in [2.45, 2.75) is 45.2 Å². The number of anilines is 3. The third-order valence-electron chi connectivity index (χ3n) is 5.15. The van der Waals surface area contributed by atoms with E-state index in [4.69, 9.17) is 0 Å². The average Bonchev–Trinajstić information content (AvgIpc) is 2.75. The predicted molar refractivity (Wildman–Crippen MR) is 121 cm³/mol. The van der Waals surface area contributed by atoms with Crippen molar-refractivity contribution in [2.75, 3.05) is 24.2 Å². The van der Waals surface area contributed by atoms with Gasteiger partial charge in [0.15, 0.2) is 0 Å². The van der Waals surface area contributed by atoms with E-state index in [1.54, 1.807) is 25.4 Å². The lowest BCUT2D eigenvalue weighted by Gasteiger charge is -2.33. The van der Waals surface area contributed by atoms with Gasteiger partial charge in [-0.3, -0.25) is 4.79 Å². The van der Waals surface area contributed by atoms with Gasteiger partial charge in [-0.1, -0.05) is 18.8 Å². The lowest BCUT2D eigenvalue weighted by Crippen LogP contribution is -2.49. The Labute approximate surface area is 182 Å². The Balaban J connectivity index is 1.63. The maximum absolute atomic E-state index is 13.1. The summed E-state index contributed by atoms with van der Waals surface area (Å²) < 4.78 is 13.1. The maximum Gasteiger partial charge on any atom is 0.237 e. The smallest absolute Gasteiger partial charge is 0.237 e. The van der Waals surface area contributed by atoms with Gasteiger partial charge in [-0.15, -0.1) is 0 Å². The van der Waals surface area contributed by atoms with Gasteiger partial charge in [-0.05, 0) is 57.5 Å². The van der Waals surface area contributed by atoms with Crippen LogP contribution in [-0.2, 0) is 4.79 Å². The molecule has 1 amide bonds. The number of rotatable bonds is 8. The van der Waals surface area contributed by atoms with E-state index in [0.29, 0.717) is 17.5 Å². The molecule has 8 heteroatoms. The van der Waals surface area contributed by atoms with Crippen LogP contribution >= 0.6 is 0 Å². The van der Waals surface area contributed by atoms with Gasteiger partial charge in [-0.2, -0.15) is 4.98 Å². The largest absolute Gasteiger partial charge is 0.369 e. The summed E-state index contributed by atoms with van der Waals surface area (Å²) in [5, 5.41) is 12.3. The van der Waals surface area contributed by atoms with E-state index >= 15 is 0 Å². The van der Waals surface area contributed by atoms with Crippen molar-refractivity contribution in [3.05, 3.63) is 41.8 Å². The molecule has 1 aliphatic rings. The Morgan fingerprint density at radius 1 is 1.29 bits per heavy atom. The molecular weight excluding hydrogens is 395 g/mol. The fraction of sp³-hybridized carbons (Fsp3) is 0.435. The van der Waals surface area contributed by atoms with Crippen molar-refractivity contribution in [3.63, 3.8) is 0 Å². The first-order valence-electron chi connectivity index (χ1n) is 10.6. The summed E-state index contributed by atoms with van der Waals surface area (Å²) in [6.45, 7) is 4.68. The van der Waals surface area contributed by atoms with E-state index in [1.807, 2.05) is 6.92 Å². The summed E-state index contributed by atoms with van der Waals surface area (Å²) in [6.07, 6.45) is 4.33. The predicted octanol–water partition coefficient (Wildman–Crippen LogP) is 3.04. The molecule has 164 valence electrons. The highest BCUT2D eigenvalue weighted by Crippen LogP contribution is 2.27. The highest BCUT2D eigenvalue weighted by molar-refractivity contribution is 5.81. The molecule has 1 aromatic heterocycles. The number of hydrogen-bond donors (Lipinski definition) is 4. The first kappa shape index (κ1) is 22.5. The molecule has 1 saturated carbocycles.